The lowest BCUT2D eigenvalue weighted by Crippen LogP contribution is -2.20. The average Bonchev–Trinajstić information content (AvgIpc) is 2.90. The molecule has 0 radical (unpaired) electrons. The van der Waals surface area contributed by atoms with E-state index in [-0.39, 0.29) is 5.91 Å². The lowest BCUT2D eigenvalue weighted by molar-refractivity contribution is 0.0954. The van der Waals surface area contributed by atoms with Gasteiger partial charge >= 0.3 is 0 Å². The summed E-state index contributed by atoms with van der Waals surface area (Å²) in [5.41, 5.74) is 3.88. The van der Waals surface area contributed by atoms with E-state index in [4.69, 9.17) is 11.6 Å². The second-order valence-electron chi connectivity index (χ2n) is 4.09. The number of halogens is 1. The van der Waals surface area contributed by atoms with Crippen molar-refractivity contribution in [2.24, 2.45) is 5.10 Å². The number of aromatic nitrogens is 1. The fourth-order valence-corrected chi connectivity index (χ4v) is 2.68. The summed E-state index contributed by atoms with van der Waals surface area (Å²) in [6.45, 7) is 2.06. The fraction of sp³-hybridized carbons (Fsp3) is 0.214. The van der Waals surface area contributed by atoms with E-state index in [9.17, 15) is 4.79 Å². The van der Waals surface area contributed by atoms with Gasteiger partial charge in [0.15, 0.2) is 0 Å². The first-order valence-corrected chi connectivity index (χ1v) is 7.42. The number of thiophene rings is 1. The zero-order chi connectivity index (χ0) is 14.4. The molecule has 0 saturated heterocycles. The van der Waals surface area contributed by atoms with Crippen molar-refractivity contribution in [3.63, 3.8) is 0 Å². The lowest BCUT2D eigenvalue weighted by atomic mass is 10.2. The van der Waals surface area contributed by atoms with E-state index in [0.717, 1.165) is 23.4 Å². The van der Waals surface area contributed by atoms with Crippen LogP contribution >= 0.6 is 22.9 Å². The van der Waals surface area contributed by atoms with Crippen LogP contribution in [0.1, 0.15) is 35.0 Å². The average molecular weight is 308 g/mol. The van der Waals surface area contributed by atoms with Crippen LogP contribution in [0, 0.1) is 0 Å². The molecule has 0 aliphatic heterocycles. The van der Waals surface area contributed by atoms with Crippen LogP contribution in [0.2, 0.25) is 4.34 Å². The Kier molecular flexibility index (Phi) is 5.26. The zero-order valence-corrected chi connectivity index (χ0v) is 12.5. The van der Waals surface area contributed by atoms with E-state index in [2.05, 4.69) is 22.4 Å². The summed E-state index contributed by atoms with van der Waals surface area (Å²) >= 11 is 7.39. The van der Waals surface area contributed by atoms with Gasteiger partial charge in [-0.25, -0.2) is 5.43 Å². The second-order valence-corrected chi connectivity index (χ2v) is 5.81. The van der Waals surface area contributed by atoms with Crippen molar-refractivity contribution in [3.05, 3.63) is 51.4 Å². The van der Waals surface area contributed by atoms with E-state index >= 15 is 0 Å². The molecule has 2 heterocycles. The number of amides is 1. The molecule has 0 unspecified atom stereocenters. The number of hydrogen-bond acceptors (Lipinski definition) is 4. The van der Waals surface area contributed by atoms with E-state index in [1.807, 2.05) is 12.1 Å². The molecule has 0 atom stereocenters. The summed E-state index contributed by atoms with van der Waals surface area (Å²) in [5, 5.41) is 4.21. The fourth-order valence-electron chi connectivity index (χ4n) is 1.62. The Bertz CT molecular complexity index is 610. The monoisotopic (exact) mass is 307 g/mol. The smallest absolute Gasteiger partial charge is 0.267 e. The number of carbonyl (C=O) groups excluding carboxylic acids is 1. The highest BCUT2D eigenvalue weighted by molar-refractivity contribution is 7.18. The Balaban J connectivity index is 2.12. The zero-order valence-electron chi connectivity index (χ0n) is 11.0. The third kappa shape index (κ3) is 3.88. The van der Waals surface area contributed by atoms with Crippen LogP contribution in [0.25, 0.3) is 0 Å². The van der Waals surface area contributed by atoms with Gasteiger partial charge in [-0.15, -0.1) is 11.3 Å². The molecule has 104 valence electrons. The first-order valence-electron chi connectivity index (χ1n) is 6.23. The SMILES string of the molecule is CCC/C(=N/NC(=O)c1cccnc1)c1ccc(Cl)s1. The Morgan fingerprint density at radius 3 is 2.90 bits per heavy atom. The molecule has 20 heavy (non-hydrogen) atoms. The highest BCUT2D eigenvalue weighted by atomic mass is 35.5. The molecule has 1 amide bonds. The van der Waals surface area contributed by atoms with Crippen LogP contribution in [-0.2, 0) is 0 Å². The van der Waals surface area contributed by atoms with E-state index in [0.29, 0.717) is 9.90 Å². The van der Waals surface area contributed by atoms with Crippen LogP contribution < -0.4 is 5.43 Å². The summed E-state index contributed by atoms with van der Waals surface area (Å²) < 4.78 is 0.711. The predicted octanol–water partition coefficient (Wildman–Crippen LogP) is 3.73. The molecule has 6 heteroatoms. The van der Waals surface area contributed by atoms with Crippen molar-refractivity contribution >= 4 is 34.6 Å². The summed E-state index contributed by atoms with van der Waals surface area (Å²) in [5.74, 6) is -0.269. The molecule has 0 bridgehead atoms. The third-order valence-electron chi connectivity index (χ3n) is 2.56. The summed E-state index contributed by atoms with van der Waals surface area (Å²) in [6.07, 6.45) is 4.85. The first-order chi connectivity index (χ1) is 9.70. The maximum atomic E-state index is 11.9. The molecule has 2 aromatic heterocycles. The van der Waals surface area contributed by atoms with Crippen molar-refractivity contribution in [3.8, 4) is 0 Å². The highest BCUT2D eigenvalue weighted by Gasteiger charge is 2.08. The molecule has 4 nitrogen and oxygen atoms in total. The standard InChI is InChI=1S/C14H14ClN3OS/c1-2-4-11(12-6-7-13(15)20-12)17-18-14(19)10-5-3-8-16-9-10/h3,5-9H,2,4H2,1H3,(H,18,19)/b17-11-. The maximum absolute atomic E-state index is 11.9. The minimum absolute atomic E-state index is 0.269. The van der Waals surface area contributed by atoms with Crippen molar-refractivity contribution < 1.29 is 4.79 Å². The minimum Gasteiger partial charge on any atom is -0.267 e. The van der Waals surface area contributed by atoms with Crippen molar-refractivity contribution in [2.75, 3.05) is 0 Å². The third-order valence-corrected chi connectivity index (χ3v) is 3.84. The molecule has 1 N–H and O–H groups in total. The number of hydrazone groups is 1. The van der Waals surface area contributed by atoms with Crippen LogP contribution in [-0.4, -0.2) is 16.6 Å². The van der Waals surface area contributed by atoms with Crippen molar-refractivity contribution in [2.45, 2.75) is 19.8 Å². The Morgan fingerprint density at radius 2 is 2.30 bits per heavy atom. The number of carbonyl (C=O) groups is 1. The van der Waals surface area contributed by atoms with Gasteiger partial charge in [-0.2, -0.15) is 5.10 Å². The Hall–Kier alpha value is -1.72. The summed E-state index contributed by atoms with van der Waals surface area (Å²) in [4.78, 5) is 16.8. The number of hydrogen-bond donors (Lipinski definition) is 1. The molecule has 0 saturated carbocycles. The Labute approximate surface area is 126 Å². The molecular weight excluding hydrogens is 294 g/mol. The van der Waals surface area contributed by atoms with Gasteiger partial charge < -0.3 is 0 Å². The maximum Gasteiger partial charge on any atom is 0.272 e. The molecule has 0 aromatic carbocycles. The first kappa shape index (κ1) is 14.7. The van der Waals surface area contributed by atoms with Gasteiger partial charge in [0.2, 0.25) is 0 Å². The van der Waals surface area contributed by atoms with Crippen LogP contribution in [0.15, 0.2) is 41.8 Å². The van der Waals surface area contributed by atoms with E-state index in [1.165, 1.54) is 17.5 Å². The molecule has 2 rings (SSSR count). The highest BCUT2D eigenvalue weighted by Crippen LogP contribution is 2.23. The summed E-state index contributed by atoms with van der Waals surface area (Å²) in [7, 11) is 0. The van der Waals surface area contributed by atoms with Gasteiger partial charge in [-0.1, -0.05) is 24.9 Å². The molecule has 2 aromatic rings. The van der Waals surface area contributed by atoms with Gasteiger partial charge in [0, 0.05) is 12.4 Å². The minimum atomic E-state index is -0.269. The molecule has 0 aliphatic carbocycles. The van der Waals surface area contributed by atoms with Crippen LogP contribution in [0.4, 0.5) is 0 Å². The van der Waals surface area contributed by atoms with Gasteiger partial charge in [0.1, 0.15) is 0 Å². The topological polar surface area (TPSA) is 54.4 Å². The van der Waals surface area contributed by atoms with E-state index in [1.54, 1.807) is 18.3 Å². The quantitative estimate of drug-likeness (QED) is 0.676. The molecule has 0 aliphatic rings. The van der Waals surface area contributed by atoms with Crippen LogP contribution in [0.3, 0.4) is 0 Å². The van der Waals surface area contributed by atoms with Gasteiger partial charge in [-0.3, -0.25) is 9.78 Å². The predicted molar refractivity (Wildman–Crippen MR) is 82.5 cm³/mol. The Morgan fingerprint density at radius 1 is 1.45 bits per heavy atom. The molecule has 0 spiro atoms. The second kappa shape index (κ2) is 7.17. The van der Waals surface area contributed by atoms with Crippen molar-refractivity contribution in [1.82, 2.24) is 10.4 Å². The molecular formula is C14H14ClN3OS. The number of nitrogens with zero attached hydrogens (tertiary/aromatic N) is 2. The van der Waals surface area contributed by atoms with Gasteiger partial charge in [0.25, 0.3) is 5.91 Å². The lowest BCUT2D eigenvalue weighted by Gasteiger charge is -2.04. The van der Waals surface area contributed by atoms with Crippen molar-refractivity contribution in [1.29, 1.82) is 0 Å². The number of nitrogens with one attached hydrogen (secondary N) is 1. The largest absolute Gasteiger partial charge is 0.272 e. The number of pyridine rings is 1. The molecule has 0 fully saturated rings. The van der Waals surface area contributed by atoms with E-state index < -0.39 is 0 Å². The van der Waals surface area contributed by atoms with Crippen LogP contribution in [0.5, 0.6) is 0 Å². The summed E-state index contributed by atoms with van der Waals surface area (Å²) in [6, 6.07) is 7.15. The van der Waals surface area contributed by atoms with Gasteiger partial charge in [-0.05, 0) is 30.7 Å². The normalized spacial score (nSPS) is 11.4. The van der Waals surface area contributed by atoms with Gasteiger partial charge in [0.05, 0.1) is 20.5 Å². The number of rotatable bonds is 5.